The van der Waals surface area contributed by atoms with Crippen LogP contribution in [0.3, 0.4) is 0 Å². The van der Waals surface area contributed by atoms with Crippen LogP contribution in [0.2, 0.25) is 5.02 Å². The predicted octanol–water partition coefficient (Wildman–Crippen LogP) is 2.50. The van der Waals surface area contributed by atoms with Gasteiger partial charge in [0, 0.05) is 10.7 Å². The van der Waals surface area contributed by atoms with E-state index in [0.717, 1.165) is 18.0 Å². The second-order valence-electron chi connectivity index (χ2n) is 3.25. The quantitative estimate of drug-likeness (QED) is 0.612. The highest BCUT2D eigenvalue weighted by molar-refractivity contribution is 8.04. The Labute approximate surface area is 106 Å². The van der Waals surface area contributed by atoms with Crippen molar-refractivity contribution in [2.45, 2.75) is 0 Å². The monoisotopic (exact) mass is 270 g/mol. The maximum atomic E-state index is 11.7. The third-order valence-corrected chi connectivity index (χ3v) is 3.34. The fourth-order valence-electron chi connectivity index (χ4n) is 1.43. The molecule has 0 saturated carbocycles. The van der Waals surface area contributed by atoms with Gasteiger partial charge in [0.2, 0.25) is 5.91 Å². The lowest BCUT2D eigenvalue weighted by Crippen LogP contribution is -2.24. The first-order chi connectivity index (χ1) is 8.08. The molecule has 0 radical (unpaired) electrons. The minimum Gasteiger partial charge on any atom is -0.273 e. The van der Waals surface area contributed by atoms with Crippen molar-refractivity contribution in [3.05, 3.63) is 50.6 Å². The van der Waals surface area contributed by atoms with Gasteiger partial charge >= 0.3 is 0 Å². The van der Waals surface area contributed by atoms with Gasteiger partial charge in [0.05, 0.1) is 10.7 Å². The molecule has 0 N–H and O–H groups in total. The minimum atomic E-state index is -0.566. The van der Waals surface area contributed by atoms with Crippen LogP contribution in [0.4, 0.5) is 5.69 Å². The molecular weight excluding hydrogens is 264 g/mol. The molecule has 0 unspecified atom stereocenters. The molecular formula is C10H7ClN2O3S. The highest BCUT2D eigenvalue weighted by Gasteiger charge is 2.30. The minimum absolute atomic E-state index is 0.176. The second-order valence-corrected chi connectivity index (χ2v) is 4.68. The van der Waals surface area contributed by atoms with Crippen molar-refractivity contribution in [3.63, 3.8) is 0 Å². The lowest BCUT2D eigenvalue weighted by molar-refractivity contribution is -0.402. The van der Waals surface area contributed by atoms with Crippen molar-refractivity contribution < 1.29 is 9.72 Å². The zero-order valence-corrected chi connectivity index (χ0v) is 10.1. The van der Waals surface area contributed by atoms with Crippen LogP contribution in [-0.2, 0) is 4.79 Å². The van der Waals surface area contributed by atoms with E-state index in [1.807, 2.05) is 0 Å². The molecule has 0 aliphatic carbocycles. The highest BCUT2D eigenvalue weighted by Crippen LogP contribution is 2.34. The fourth-order valence-corrected chi connectivity index (χ4v) is 2.46. The summed E-state index contributed by atoms with van der Waals surface area (Å²) in [4.78, 5) is 22.9. The molecule has 0 bridgehead atoms. The van der Waals surface area contributed by atoms with Gasteiger partial charge in [-0.1, -0.05) is 23.4 Å². The molecule has 0 aromatic heterocycles. The van der Waals surface area contributed by atoms with Crippen LogP contribution in [0, 0.1) is 10.1 Å². The standard InChI is InChI=1S/C10H7ClN2O3S/c11-7-1-3-8(4-2-7)13-9(14)6-17-10(13)5-12(15)16/h1-5H,6H2/b10-5-. The maximum Gasteiger partial charge on any atom is 0.265 e. The van der Waals surface area contributed by atoms with Crippen LogP contribution in [0.1, 0.15) is 0 Å². The summed E-state index contributed by atoms with van der Waals surface area (Å²) >= 11 is 6.89. The molecule has 1 heterocycles. The van der Waals surface area contributed by atoms with E-state index in [2.05, 4.69) is 0 Å². The summed E-state index contributed by atoms with van der Waals surface area (Å²) in [7, 11) is 0. The van der Waals surface area contributed by atoms with Crippen molar-refractivity contribution in [1.29, 1.82) is 0 Å². The maximum absolute atomic E-state index is 11.7. The largest absolute Gasteiger partial charge is 0.273 e. The van der Waals surface area contributed by atoms with Crippen molar-refractivity contribution in [3.8, 4) is 0 Å². The van der Waals surface area contributed by atoms with E-state index >= 15 is 0 Å². The smallest absolute Gasteiger partial charge is 0.265 e. The van der Waals surface area contributed by atoms with Gasteiger partial charge in [-0.05, 0) is 24.3 Å². The van der Waals surface area contributed by atoms with E-state index in [9.17, 15) is 14.9 Å². The zero-order chi connectivity index (χ0) is 12.4. The average molecular weight is 271 g/mol. The van der Waals surface area contributed by atoms with Gasteiger partial charge in [-0.15, -0.1) is 0 Å². The summed E-state index contributed by atoms with van der Waals surface area (Å²) in [6, 6.07) is 6.58. The molecule has 1 amide bonds. The molecule has 0 atom stereocenters. The van der Waals surface area contributed by atoms with Gasteiger partial charge in [0.25, 0.3) is 6.20 Å². The lowest BCUT2D eigenvalue weighted by Gasteiger charge is -2.15. The van der Waals surface area contributed by atoms with Crippen molar-refractivity contribution in [2.24, 2.45) is 0 Å². The summed E-state index contributed by atoms with van der Waals surface area (Å²) in [5, 5.41) is 11.3. The Morgan fingerprint density at radius 1 is 1.41 bits per heavy atom. The van der Waals surface area contributed by atoms with Gasteiger partial charge in [0.15, 0.2) is 5.03 Å². The first-order valence-corrected chi connectivity index (χ1v) is 6.01. The third-order valence-electron chi connectivity index (χ3n) is 2.11. The number of hydrogen-bond acceptors (Lipinski definition) is 4. The zero-order valence-electron chi connectivity index (χ0n) is 8.50. The van der Waals surface area contributed by atoms with E-state index in [1.54, 1.807) is 24.3 Å². The molecule has 1 aliphatic rings. The van der Waals surface area contributed by atoms with E-state index in [4.69, 9.17) is 11.6 Å². The molecule has 7 heteroatoms. The summed E-state index contributed by atoms with van der Waals surface area (Å²) in [5.74, 6) is 0.0351. The summed E-state index contributed by atoms with van der Waals surface area (Å²) in [6.07, 6.45) is 0.837. The molecule has 0 spiro atoms. The summed E-state index contributed by atoms with van der Waals surface area (Å²) in [6.45, 7) is 0. The van der Waals surface area contributed by atoms with Crippen molar-refractivity contribution in [2.75, 3.05) is 10.7 Å². The van der Waals surface area contributed by atoms with Gasteiger partial charge in [-0.25, -0.2) is 0 Å². The number of benzene rings is 1. The Morgan fingerprint density at radius 2 is 2.06 bits per heavy atom. The Morgan fingerprint density at radius 3 is 2.65 bits per heavy atom. The molecule has 1 saturated heterocycles. The molecule has 1 aromatic rings. The SMILES string of the molecule is O=C1CS/C(=C\[N+](=O)[O-])N1c1ccc(Cl)cc1. The van der Waals surface area contributed by atoms with Gasteiger partial charge < -0.3 is 0 Å². The van der Waals surface area contributed by atoms with Crippen LogP contribution in [0.15, 0.2) is 35.5 Å². The van der Waals surface area contributed by atoms with Crippen LogP contribution in [-0.4, -0.2) is 16.6 Å². The van der Waals surface area contributed by atoms with Crippen LogP contribution < -0.4 is 4.90 Å². The Balaban J connectivity index is 2.37. The van der Waals surface area contributed by atoms with E-state index in [-0.39, 0.29) is 11.7 Å². The number of anilines is 1. The van der Waals surface area contributed by atoms with Crippen molar-refractivity contribution in [1.82, 2.24) is 0 Å². The first kappa shape index (κ1) is 11.9. The van der Waals surface area contributed by atoms with Gasteiger partial charge in [-0.3, -0.25) is 19.8 Å². The summed E-state index contributed by atoms with van der Waals surface area (Å²) in [5.41, 5.74) is 0.581. The Hall–Kier alpha value is -1.53. The Kier molecular flexibility index (Phi) is 3.35. The molecule has 1 fully saturated rings. The number of amides is 1. The molecule has 17 heavy (non-hydrogen) atoms. The molecule has 1 aromatic carbocycles. The molecule has 2 rings (SSSR count). The van der Waals surface area contributed by atoms with Crippen molar-refractivity contribution >= 4 is 35.0 Å². The van der Waals surface area contributed by atoms with E-state index < -0.39 is 4.92 Å². The number of rotatable bonds is 2. The number of thioether (sulfide) groups is 1. The molecule has 1 aliphatic heterocycles. The predicted molar refractivity (Wildman–Crippen MR) is 66.5 cm³/mol. The first-order valence-electron chi connectivity index (χ1n) is 4.64. The lowest BCUT2D eigenvalue weighted by atomic mass is 10.3. The normalized spacial score (nSPS) is 17.8. The third kappa shape index (κ3) is 2.59. The number of nitro groups is 1. The number of halogens is 1. The molecule has 5 nitrogen and oxygen atoms in total. The number of nitrogens with zero attached hydrogens (tertiary/aromatic N) is 2. The van der Waals surface area contributed by atoms with Crippen LogP contribution in [0.25, 0.3) is 0 Å². The fraction of sp³-hybridized carbons (Fsp3) is 0.100. The van der Waals surface area contributed by atoms with Crippen LogP contribution in [0.5, 0.6) is 0 Å². The number of carbonyl (C=O) groups is 1. The van der Waals surface area contributed by atoms with Crippen LogP contribution >= 0.6 is 23.4 Å². The van der Waals surface area contributed by atoms with E-state index in [1.165, 1.54) is 4.90 Å². The molecule has 88 valence electrons. The van der Waals surface area contributed by atoms with E-state index in [0.29, 0.717) is 15.7 Å². The highest BCUT2D eigenvalue weighted by atomic mass is 35.5. The second kappa shape index (κ2) is 4.77. The number of hydrogen-bond donors (Lipinski definition) is 0. The number of carbonyl (C=O) groups excluding carboxylic acids is 1. The summed E-state index contributed by atoms with van der Waals surface area (Å²) < 4.78 is 0. The average Bonchev–Trinajstić information content (AvgIpc) is 2.61. The topological polar surface area (TPSA) is 63.4 Å². The van der Waals surface area contributed by atoms with Gasteiger partial charge in [0.1, 0.15) is 0 Å². The Bertz CT molecular complexity index is 501. The van der Waals surface area contributed by atoms with Gasteiger partial charge in [-0.2, -0.15) is 0 Å².